The lowest BCUT2D eigenvalue weighted by Gasteiger charge is -2.21. The first-order chi connectivity index (χ1) is 13.6. The zero-order valence-electron chi connectivity index (χ0n) is 15.6. The van der Waals surface area contributed by atoms with Crippen LogP contribution in [0.15, 0.2) is 48.5 Å². The normalized spacial score (nSPS) is 15.4. The Labute approximate surface area is 163 Å². The molecule has 2 aromatic carbocycles. The molecule has 0 saturated heterocycles. The molecule has 28 heavy (non-hydrogen) atoms. The van der Waals surface area contributed by atoms with Crippen molar-refractivity contribution in [2.45, 2.75) is 31.8 Å². The van der Waals surface area contributed by atoms with E-state index in [4.69, 9.17) is 20.4 Å². The van der Waals surface area contributed by atoms with E-state index in [0.29, 0.717) is 5.75 Å². The van der Waals surface area contributed by atoms with E-state index >= 15 is 0 Å². The number of benzene rings is 2. The molecule has 0 radical (unpaired) electrons. The summed E-state index contributed by atoms with van der Waals surface area (Å²) >= 11 is 0. The molecule has 1 atom stereocenters. The Bertz CT molecular complexity index is 966. The van der Waals surface area contributed by atoms with E-state index < -0.39 is 5.97 Å². The van der Waals surface area contributed by atoms with Crippen LogP contribution < -0.4 is 10.5 Å². The van der Waals surface area contributed by atoms with E-state index in [1.54, 1.807) is 0 Å². The number of carboxylic acid groups (broad SMARTS) is 1. The first-order valence-electron chi connectivity index (χ1n) is 9.22. The lowest BCUT2D eigenvalue weighted by Crippen LogP contribution is -2.19. The highest BCUT2D eigenvalue weighted by atomic mass is 16.5. The Morgan fingerprint density at radius 3 is 2.64 bits per heavy atom. The topological polar surface area (TPSA) is 94.6 Å². The van der Waals surface area contributed by atoms with Gasteiger partial charge < -0.3 is 24.9 Å². The molecule has 3 N–H and O–H groups in total. The molecule has 6 heteroatoms. The fourth-order valence-electron chi connectivity index (χ4n) is 3.96. The predicted octanol–water partition coefficient (Wildman–Crippen LogP) is 3.30. The summed E-state index contributed by atoms with van der Waals surface area (Å²) in [7, 11) is 0. The summed E-state index contributed by atoms with van der Waals surface area (Å²) < 4.78 is 7.90. The fraction of sp³-hybridized carbons (Fsp3) is 0.273. The maximum absolute atomic E-state index is 11.0. The molecule has 6 nitrogen and oxygen atoms in total. The number of hydrogen-bond donors (Lipinski definition) is 2. The van der Waals surface area contributed by atoms with E-state index in [1.165, 1.54) is 11.3 Å². The molecule has 0 saturated carbocycles. The standard InChI is InChI=1S/C21H22N2O3.CH2O/c22-15-8-4-9-16-20(15)21-17(10-5-11-18(21)26-13-19(24)25)23(16)12-14-6-2-1-3-7-14;1-2/h1-3,5-7,10-11,15H,4,8-9,12-13,22H2,(H,24,25);1H2. The monoisotopic (exact) mass is 380 g/mol. The minimum absolute atomic E-state index is 0.0483. The Hall–Kier alpha value is -3.12. The highest BCUT2D eigenvalue weighted by Crippen LogP contribution is 2.41. The molecule has 3 aromatic rings. The van der Waals surface area contributed by atoms with Crippen molar-refractivity contribution in [2.24, 2.45) is 5.73 Å². The van der Waals surface area contributed by atoms with Crippen LogP contribution >= 0.6 is 0 Å². The van der Waals surface area contributed by atoms with Gasteiger partial charge in [-0.1, -0.05) is 36.4 Å². The lowest BCUT2D eigenvalue weighted by molar-refractivity contribution is -0.139. The molecule has 0 spiro atoms. The SMILES string of the molecule is C=O.NC1CCCc2c1c1c(OCC(=O)O)cccc1n2Cc1ccccc1. The first kappa shape index (κ1) is 19.6. The van der Waals surface area contributed by atoms with Gasteiger partial charge in [0, 0.05) is 29.2 Å². The summed E-state index contributed by atoms with van der Waals surface area (Å²) in [5.41, 5.74) is 11.1. The van der Waals surface area contributed by atoms with Gasteiger partial charge in [0.2, 0.25) is 0 Å². The van der Waals surface area contributed by atoms with Crippen molar-refractivity contribution in [3.05, 3.63) is 65.4 Å². The molecule has 146 valence electrons. The second-order valence-corrected chi connectivity index (χ2v) is 6.76. The van der Waals surface area contributed by atoms with Gasteiger partial charge in [-0.2, -0.15) is 0 Å². The Morgan fingerprint density at radius 1 is 1.18 bits per heavy atom. The van der Waals surface area contributed by atoms with Crippen molar-refractivity contribution in [3.63, 3.8) is 0 Å². The van der Waals surface area contributed by atoms with Gasteiger partial charge in [0.25, 0.3) is 0 Å². The third kappa shape index (κ3) is 3.77. The number of rotatable bonds is 5. The van der Waals surface area contributed by atoms with Gasteiger partial charge in [-0.3, -0.25) is 0 Å². The molecule has 1 aliphatic rings. The van der Waals surface area contributed by atoms with Crippen LogP contribution in [0.1, 0.15) is 35.7 Å². The molecular formula is C22H24N2O4. The summed E-state index contributed by atoms with van der Waals surface area (Å²) in [6.07, 6.45) is 2.97. The molecule has 0 aliphatic heterocycles. The van der Waals surface area contributed by atoms with Crippen LogP contribution in [0.4, 0.5) is 0 Å². The number of nitrogens with zero attached hydrogens (tertiary/aromatic N) is 1. The van der Waals surface area contributed by atoms with Gasteiger partial charge >= 0.3 is 5.97 Å². The van der Waals surface area contributed by atoms with E-state index in [2.05, 4.69) is 22.8 Å². The van der Waals surface area contributed by atoms with Crippen molar-refractivity contribution in [1.82, 2.24) is 4.57 Å². The van der Waals surface area contributed by atoms with Crippen molar-refractivity contribution in [3.8, 4) is 5.75 Å². The zero-order chi connectivity index (χ0) is 20.1. The number of carboxylic acids is 1. The number of aliphatic carboxylic acids is 1. The van der Waals surface area contributed by atoms with Crippen molar-refractivity contribution in [1.29, 1.82) is 0 Å². The van der Waals surface area contributed by atoms with Gasteiger partial charge in [0.05, 0.1) is 5.52 Å². The average Bonchev–Trinajstić information content (AvgIpc) is 3.04. The maximum atomic E-state index is 11.0. The molecule has 1 unspecified atom stereocenters. The largest absolute Gasteiger partial charge is 0.481 e. The highest BCUT2D eigenvalue weighted by molar-refractivity contribution is 5.92. The van der Waals surface area contributed by atoms with Crippen molar-refractivity contribution < 1.29 is 19.4 Å². The van der Waals surface area contributed by atoms with Crippen LogP contribution in [0.2, 0.25) is 0 Å². The van der Waals surface area contributed by atoms with Crippen LogP contribution in [-0.4, -0.2) is 29.0 Å². The Balaban J connectivity index is 0.00000109. The summed E-state index contributed by atoms with van der Waals surface area (Å²) in [5, 5.41) is 9.95. The van der Waals surface area contributed by atoms with Gasteiger partial charge in [0.1, 0.15) is 12.5 Å². The number of carbonyl (C=O) groups excluding carboxylic acids is 1. The van der Waals surface area contributed by atoms with Crippen LogP contribution in [0, 0.1) is 0 Å². The summed E-state index contributed by atoms with van der Waals surface area (Å²) in [6.45, 7) is 2.41. The van der Waals surface area contributed by atoms with Crippen molar-refractivity contribution >= 4 is 23.7 Å². The Morgan fingerprint density at radius 2 is 1.93 bits per heavy atom. The lowest BCUT2D eigenvalue weighted by atomic mass is 9.91. The van der Waals surface area contributed by atoms with Crippen LogP contribution in [-0.2, 0) is 22.6 Å². The summed E-state index contributed by atoms with van der Waals surface area (Å²) in [4.78, 5) is 19.0. The molecule has 1 aliphatic carbocycles. The second kappa shape index (κ2) is 8.71. The first-order valence-corrected chi connectivity index (χ1v) is 9.22. The quantitative estimate of drug-likeness (QED) is 0.708. The molecular weight excluding hydrogens is 356 g/mol. The van der Waals surface area contributed by atoms with Crippen LogP contribution in [0.5, 0.6) is 5.75 Å². The van der Waals surface area contributed by atoms with E-state index in [1.807, 2.05) is 37.1 Å². The molecule has 4 rings (SSSR count). The summed E-state index contributed by atoms with van der Waals surface area (Å²) in [6, 6.07) is 16.1. The number of ether oxygens (including phenoxy) is 1. The molecule has 1 heterocycles. The smallest absolute Gasteiger partial charge is 0.341 e. The fourth-order valence-corrected chi connectivity index (χ4v) is 3.96. The van der Waals surface area contributed by atoms with Crippen LogP contribution in [0.25, 0.3) is 10.9 Å². The van der Waals surface area contributed by atoms with Gasteiger partial charge in [0.15, 0.2) is 6.61 Å². The van der Waals surface area contributed by atoms with Crippen LogP contribution in [0.3, 0.4) is 0 Å². The number of carbonyl (C=O) groups is 2. The minimum Gasteiger partial charge on any atom is -0.481 e. The Kier molecular flexibility index (Phi) is 6.11. The third-order valence-corrected chi connectivity index (χ3v) is 5.04. The maximum Gasteiger partial charge on any atom is 0.341 e. The highest BCUT2D eigenvalue weighted by Gasteiger charge is 2.27. The van der Waals surface area contributed by atoms with E-state index in [9.17, 15) is 4.79 Å². The van der Waals surface area contributed by atoms with Gasteiger partial charge in [-0.05, 0) is 37.0 Å². The number of nitrogens with two attached hydrogens (primary N) is 1. The average molecular weight is 380 g/mol. The number of hydrogen-bond acceptors (Lipinski definition) is 4. The number of fused-ring (bicyclic) bond motifs is 3. The molecule has 1 aromatic heterocycles. The molecule has 0 amide bonds. The van der Waals surface area contributed by atoms with Gasteiger partial charge in [-0.25, -0.2) is 4.79 Å². The number of aromatic nitrogens is 1. The molecule has 0 fully saturated rings. The third-order valence-electron chi connectivity index (χ3n) is 5.04. The molecule has 0 bridgehead atoms. The minimum atomic E-state index is -0.983. The van der Waals surface area contributed by atoms with Crippen molar-refractivity contribution in [2.75, 3.05) is 6.61 Å². The zero-order valence-corrected chi connectivity index (χ0v) is 15.6. The van der Waals surface area contributed by atoms with E-state index in [0.717, 1.165) is 42.3 Å². The predicted molar refractivity (Wildman–Crippen MR) is 108 cm³/mol. The van der Waals surface area contributed by atoms with Gasteiger partial charge in [-0.15, -0.1) is 0 Å². The van der Waals surface area contributed by atoms with E-state index in [-0.39, 0.29) is 12.6 Å². The second-order valence-electron chi connectivity index (χ2n) is 6.76. The summed E-state index contributed by atoms with van der Waals surface area (Å²) in [5.74, 6) is -0.380.